The lowest BCUT2D eigenvalue weighted by Gasteiger charge is -2.48. The van der Waals surface area contributed by atoms with Gasteiger partial charge in [0, 0.05) is 11.5 Å². The molecule has 0 amide bonds. The highest BCUT2D eigenvalue weighted by Gasteiger charge is 2.48. The Kier molecular flexibility index (Phi) is 4.72. The predicted octanol–water partition coefficient (Wildman–Crippen LogP) is 3.66. The highest BCUT2D eigenvalue weighted by Crippen LogP contribution is 2.53. The summed E-state index contributed by atoms with van der Waals surface area (Å²) in [5, 5.41) is 0. The molecule has 0 radical (unpaired) electrons. The van der Waals surface area contributed by atoms with Crippen LogP contribution in [0.5, 0.6) is 11.5 Å². The van der Waals surface area contributed by atoms with Gasteiger partial charge in [0.25, 0.3) is 0 Å². The van der Waals surface area contributed by atoms with E-state index in [4.69, 9.17) is 18.9 Å². The molecule has 0 aliphatic carbocycles. The molecule has 2 aliphatic heterocycles. The molecule has 1 fully saturated rings. The number of benzene rings is 1. The molecule has 0 spiro atoms. The van der Waals surface area contributed by atoms with Crippen LogP contribution in [0.1, 0.15) is 51.7 Å². The monoisotopic (exact) mass is 334 g/mol. The average molecular weight is 334 g/mol. The molecule has 1 aromatic carbocycles. The Bertz CT molecular complexity index is 610. The van der Waals surface area contributed by atoms with Crippen LogP contribution in [0.15, 0.2) is 18.2 Å². The minimum absolute atomic E-state index is 0.0902. The minimum atomic E-state index is -0.346. The standard InChI is InChI=1S/C19H26O5/c1-5-22-15-8-6-7-13-17-14(19(2,3)24-18(13)15)10-9-12(23-17)11-16(20)21-4/h6-8,12,14,17H,5,9-11H2,1-4H3/t12-,14+,17-/m1/s1. The van der Waals surface area contributed by atoms with Crippen molar-refractivity contribution in [2.45, 2.75) is 57.8 Å². The molecule has 24 heavy (non-hydrogen) atoms. The fourth-order valence-electron chi connectivity index (χ4n) is 3.78. The van der Waals surface area contributed by atoms with Gasteiger partial charge in [-0.1, -0.05) is 12.1 Å². The molecule has 5 nitrogen and oxygen atoms in total. The van der Waals surface area contributed by atoms with Crippen LogP contribution in [-0.4, -0.2) is 31.4 Å². The summed E-state index contributed by atoms with van der Waals surface area (Å²) < 4.78 is 23.2. The van der Waals surface area contributed by atoms with Gasteiger partial charge in [0.05, 0.1) is 32.3 Å². The normalized spacial score (nSPS) is 27.4. The predicted molar refractivity (Wildman–Crippen MR) is 89.3 cm³/mol. The second kappa shape index (κ2) is 6.63. The number of hydrogen-bond donors (Lipinski definition) is 0. The maximum Gasteiger partial charge on any atom is 0.308 e. The Morgan fingerprint density at radius 1 is 1.33 bits per heavy atom. The van der Waals surface area contributed by atoms with Crippen molar-refractivity contribution in [2.24, 2.45) is 5.92 Å². The van der Waals surface area contributed by atoms with Gasteiger partial charge in [-0.25, -0.2) is 0 Å². The maximum absolute atomic E-state index is 11.6. The van der Waals surface area contributed by atoms with Gasteiger partial charge < -0.3 is 18.9 Å². The van der Waals surface area contributed by atoms with Crippen LogP contribution in [0, 0.1) is 5.92 Å². The van der Waals surface area contributed by atoms with E-state index in [-0.39, 0.29) is 29.7 Å². The van der Waals surface area contributed by atoms with Crippen LogP contribution in [0.25, 0.3) is 0 Å². The lowest BCUT2D eigenvalue weighted by molar-refractivity contribution is -0.164. The fourth-order valence-corrected chi connectivity index (χ4v) is 3.78. The van der Waals surface area contributed by atoms with E-state index in [1.54, 1.807) is 0 Å². The molecular formula is C19H26O5. The summed E-state index contributed by atoms with van der Waals surface area (Å²) in [6, 6.07) is 5.93. The molecule has 1 aromatic rings. The largest absolute Gasteiger partial charge is 0.490 e. The van der Waals surface area contributed by atoms with E-state index in [1.807, 2.05) is 25.1 Å². The van der Waals surface area contributed by atoms with Crippen LogP contribution >= 0.6 is 0 Å². The molecule has 5 heteroatoms. The molecule has 132 valence electrons. The highest BCUT2D eigenvalue weighted by atomic mass is 16.6. The minimum Gasteiger partial charge on any atom is -0.490 e. The molecule has 2 aliphatic rings. The molecule has 0 bridgehead atoms. The smallest absolute Gasteiger partial charge is 0.308 e. The van der Waals surface area contributed by atoms with Gasteiger partial charge in [-0.2, -0.15) is 0 Å². The molecule has 0 N–H and O–H groups in total. The van der Waals surface area contributed by atoms with Crippen LogP contribution in [0.2, 0.25) is 0 Å². The van der Waals surface area contributed by atoms with E-state index in [2.05, 4.69) is 13.8 Å². The van der Waals surface area contributed by atoms with Crippen molar-refractivity contribution in [2.75, 3.05) is 13.7 Å². The number of carbonyl (C=O) groups excluding carboxylic acids is 1. The number of ether oxygens (including phenoxy) is 4. The molecule has 1 saturated heterocycles. The van der Waals surface area contributed by atoms with E-state index in [1.165, 1.54) is 7.11 Å². The third-order valence-electron chi connectivity index (χ3n) is 5.00. The maximum atomic E-state index is 11.6. The molecule has 0 unspecified atom stereocenters. The molecule has 0 aromatic heterocycles. The first-order valence-electron chi connectivity index (χ1n) is 8.63. The Balaban J connectivity index is 1.92. The van der Waals surface area contributed by atoms with Crippen molar-refractivity contribution >= 4 is 5.97 Å². The zero-order valence-electron chi connectivity index (χ0n) is 14.8. The number of carbonyl (C=O) groups is 1. The van der Waals surface area contributed by atoms with Crippen LogP contribution in [-0.2, 0) is 14.3 Å². The third kappa shape index (κ3) is 3.09. The van der Waals surface area contributed by atoms with E-state index in [0.717, 1.165) is 29.9 Å². The zero-order chi connectivity index (χ0) is 17.3. The van der Waals surface area contributed by atoms with Gasteiger partial charge in [0.2, 0.25) is 0 Å². The summed E-state index contributed by atoms with van der Waals surface area (Å²) in [5.41, 5.74) is 0.668. The van der Waals surface area contributed by atoms with E-state index >= 15 is 0 Å². The summed E-state index contributed by atoms with van der Waals surface area (Å²) in [7, 11) is 1.41. The summed E-state index contributed by atoms with van der Waals surface area (Å²) >= 11 is 0. The number of fused-ring (bicyclic) bond motifs is 3. The second-order valence-electron chi connectivity index (χ2n) is 6.96. The van der Waals surface area contributed by atoms with E-state index < -0.39 is 0 Å². The Morgan fingerprint density at radius 3 is 2.83 bits per heavy atom. The zero-order valence-corrected chi connectivity index (χ0v) is 14.8. The molecule has 3 atom stereocenters. The van der Waals surface area contributed by atoms with Crippen molar-refractivity contribution in [3.8, 4) is 11.5 Å². The molecular weight excluding hydrogens is 308 g/mol. The topological polar surface area (TPSA) is 54.0 Å². The van der Waals surface area contributed by atoms with E-state index in [9.17, 15) is 4.79 Å². The number of hydrogen-bond acceptors (Lipinski definition) is 5. The number of rotatable bonds is 4. The average Bonchev–Trinajstić information content (AvgIpc) is 2.55. The van der Waals surface area contributed by atoms with Crippen molar-refractivity contribution in [1.82, 2.24) is 0 Å². The number of para-hydroxylation sites is 1. The van der Waals surface area contributed by atoms with Gasteiger partial charge in [-0.05, 0) is 39.7 Å². The third-order valence-corrected chi connectivity index (χ3v) is 5.00. The lowest BCUT2D eigenvalue weighted by Crippen LogP contribution is -2.48. The second-order valence-corrected chi connectivity index (χ2v) is 6.96. The number of esters is 1. The SMILES string of the molecule is CCOc1cccc2c1OC(C)(C)[C@H]1CC[C@H](CC(=O)OC)O[C@H]21. The Labute approximate surface area is 143 Å². The quantitative estimate of drug-likeness (QED) is 0.787. The van der Waals surface area contributed by atoms with E-state index in [0.29, 0.717) is 13.0 Å². The van der Waals surface area contributed by atoms with Gasteiger partial charge in [0.15, 0.2) is 11.5 Å². The lowest BCUT2D eigenvalue weighted by atomic mass is 9.75. The Hall–Kier alpha value is -1.75. The van der Waals surface area contributed by atoms with Crippen LogP contribution in [0.4, 0.5) is 0 Å². The Morgan fingerprint density at radius 2 is 2.12 bits per heavy atom. The van der Waals surface area contributed by atoms with Crippen molar-refractivity contribution < 1.29 is 23.7 Å². The summed E-state index contributed by atoms with van der Waals surface area (Å²) in [4.78, 5) is 11.6. The van der Waals surface area contributed by atoms with Gasteiger partial charge in [-0.15, -0.1) is 0 Å². The van der Waals surface area contributed by atoms with Crippen LogP contribution in [0.3, 0.4) is 0 Å². The van der Waals surface area contributed by atoms with Crippen molar-refractivity contribution in [3.05, 3.63) is 23.8 Å². The van der Waals surface area contributed by atoms with Gasteiger partial charge in [-0.3, -0.25) is 4.79 Å². The first-order valence-corrected chi connectivity index (χ1v) is 8.63. The number of methoxy groups -OCH3 is 1. The first-order chi connectivity index (χ1) is 11.5. The molecule has 2 heterocycles. The van der Waals surface area contributed by atoms with Gasteiger partial charge >= 0.3 is 5.97 Å². The van der Waals surface area contributed by atoms with Crippen molar-refractivity contribution in [1.29, 1.82) is 0 Å². The fraction of sp³-hybridized carbons (Fsp3) is 0.632. The van der Waals surface area contributed by atoms with Gasteiger partial charge in [0.1, 0.15) is 5.60 Å². The van der Waals surface area contributed by atoms with Crippen LogP contribution < -0.4 is 9.47 Å². The molecule has 3 rings (SSSR count). The van der Waals surface area contributed by atoms with Crippen molar-refractivity contribution in [3.63, 3.8) is 0 Å². The highest BCUT2D eigenvalue weighted by molar-refractivity contribution is 5.69. The summed E-state index contributed by atoms with van der Waals surface area (Å²) in [6.45, 7) is 6.74. The summed E-state index contributed by atoms with van der Waals surface area (Å²) in [5.74, 6) is 1.54. The molecule has 0 saturated carbocycles. The first kappa shape index (κ1) is 17.1. The summed E-state index contributed by atoms with van der Waals surface area (Å²) in [6.07, 6.45) is 1.88.